The number of rotatable bonds is 11. The van der Waals surface area contributed by atoms with Gasteiger partial charge in [0.2, 0.25) is 0 Å². The van der Waals surface area contributed by atoms with Gasteiger partial charge in [-0.3, -0.25) is 0 Å². The molecular formula is C26H30ClNO2. The molecule has 1 N–H and O–H groups in total. The van der Waals surface area contributed by atoms with Gasteiger partial charge < -0.3 is 14.8 Å². The lowest BCUT2D eigenvalue weighted by atomic mass is 10.1. The SMILES string of the molecule is CCOc1cc(CN[C@H](C)CCc2ccccc2)ccc1OCc1cccc(Cl)c1. The molecule has 0 aliphatic rings. The van der Waals surface area contributed by atoms with Crippen molar-refractivity contribution in [2.75, 3.05) is 6.61 Å². The Hall–Kier alpha value is -2.49. The van der Waals surface area contributed by atoms with Gasteiger partial charge in [0, 0.05) is 17.6 Å². The van der Waals surface area contributed by atoms with Crippen LogP contribution in [0, 0.1) is 0 Å². The molecule has 3 nitrogen and oxygen atoms in total. The van der Waals surface area contributed by atoms with E-state index in [1.165, 1.54) is 11.1 Å². The van der Waals surface area contributed by atoms with E-state index in [-0.39, 0.29) is 0 Å². The summed E-state index contributed by atoms with van der Waals surface area (Å²) in [6, 6.07) is 24.9. The Bertz CT molecular complexity index is 914. The first kappa shape index (κ1) is 22.2. The molecule has 0 saturated heterocycles. The van der Waals surface area contributed by atoms with Crippen molar-refractivity contribution in [1.82, 2.24) is 5.32 Å². The Balaban J connectivity index is 1.54. The monoisotopic (exact) mass is 423 g/mol. The second-order valence-corrected chi connectivity index (χ2v) is 7.88. The minimum absolute atomic E-state index is 0.430. The maximum Gasteiger partial charge on any atom is 0.161 e. The van der Waals surface area contributed by atoms with Crippen LogP contribution in [0.3, 0.4) is 0 Å². The van der Waals surface area contributed by atoms with Crippen molar-refractivity contribution in [3.05, 3.63) is 94.5 Å². The maximum absolute atomic E-state index is 6.06. The van der Waals surface area contributed by atoms with Gasteiger partial charge in [-0.2, -0.15) is 0 Å². The standard InChI is InChI=1S/C26H30ClNO2/c1-3-29-26-17-22(18-28-20(2)12-13-21-8-5-4-6-9-21)14-15-25(26)30-19-23-10-7-11-24(27)16-23/h4-11,14-17,20,28H,3,12-13,18-19H2,1-2H3/t20-/m1/s1. The van der Waals surface area contributed by atoms with Crippen molar-refractivity contribution in [1.29, 1.82) is 0 Å². The number of ether oxygens (including phenoxy) is 2. The van der Waals surface area contributed by atoms with Gasteiger partial charge in [0.25, 0.3) is 0 Å². The summed E-state index contributed by atoms with van der Waals surface area (Å²) < 4.78 is 11.8. The van der Waals surface area contributed by atoms with Gasteiger partial charge >= 0.3 is 0 Å². The lowest BCUT2D eigenvalue weighted by Gasteiger charge is -2.16. The van der Waals surface area contributed by atoms with E-state index in [4.69, 9.17) is 21.1 Å². The summed E-state index contributed by atoms with van der Waals surface area (Å²) in [5, 5.41) is 4.32. The van der Waals surface area contributed by atoms with E-state index in [1.54, 1.807) is 0 Å². The van der Waals surface area contributed by atoms with Crippen molar-refractivity contribution in [2.45, 2.75) is 45.9 Å². The van der Waals surface area contributed by atoms with Gasteiger partial charge in [-0.15, -0.1) is 0 Å². The van der Waals surface area contributed by atoms with Crippen molar-refractivity contribution in [3.63, 3.8) is 0 Å². The van der Waals surface area contributed by atoms with Crippen molar-refractivity contribution in [3.8, 4) is 11.5 Å². The van der Waals surface area contributed by atoms with Gasteiger partial charge in [0.1, 0.15) is 6.61 Å². The summed E-state index contributed by atoms with van der Waals surface area (Å²) in [6.07, 6.45) is 2.18. The highest BCUT2D eigenvalue weighted by atomic mass is 35.5. The van der Waals surface area contributed by atoms with E-state index < -0.39 is 0 Å². The smallest absolute Gasteiger partial charge is 0.161 e. The number of aryl methyl sites for hydroxylation is 1. The van der Waals surface area contributed by atoms with E-state index in [1.807, 2.05) is 37.3 Å². The molecule has 30 heavy (non-hydrogen) atoms. The van der Waals surface area contributed by atoms with Crippen LogP contribution in [0.5, 0.6) is 11.5 Å². The third-order valence-electron chi connectivity index (χ3n) is 4.95. The number of halogens is 1. The maximum atomic E-state index is 6.06. The highest BCUT2D eigenvalue weighted by Gasteiger charge is 2.09. The van der Waals surface area contributed by atoms with Crippen LogP contribution >= 0.6 is 11.6 Å². The van der Waals surface area contributed by atoms with E-state index in [0.717, 1.165) is 36.4 Å². The van der Waals surface area contributed by atoms with Gasteiger partial charge in [-0.1, -0.05) is 60.1 Å². The number of benzene rings is 3. The normalized spacial score (nSPS) is 11.8. The van der Waals surface area contributed by atoms with Crippen LogP contribution in [-0.2, 0) is 19.6 Å². The predicted octanol–water partition coefficient (Wildman–Crippen LogP) is 6.43. The molecule has 4 heteroatoms. The van der Waals surface area contributed by atoms with Gasteiger partial charge in [-0.05, 0) is 67.6 Å². The molecule has 3 rings (SSSR count). The minimum Gasteiger partial charge on any atom is -0.490 e. The van der Waals surface area contributed by atoms with Crippen LogP contribution in [-0.4, -0.2) is 12.6 Å². The molecule has 0 heterocycles. The van der Waals surface area contributed by atoms with E-state index in [9.17, 15) is 0 Å². The van der Waals surface area contributed by atoms with Crippen LogP contribution < -0.4 is 14.8 Å². The molecule has 0 fully saturated rings. The van der Waals surface area contributed by atoms with Gasteiger partial charge in [0.05, 0.1) is 6.61 Å². The van der Waals surface area contributed by atoms with Crippen LogP contribution in [0.4, 0.5) is 0 Å². The fourth-order valence-corrected chi connectivity index (χ4v) is 3.47. The van der Waals surface area contributed by atoms with Gasteiger partial charge in [0.15, 0.2) is 11.5 Å². The molecule has 3 aromatic rings. The Kier molecular flexibility index (Phi) is 8.61. The second-order valence-electron chi connectivity index (χ2n) is 7.44. The average Bonchev–Trinajstić information content (AvgIpc) is 2.76. The summed E-state index contributed by atoms with van der Waals surface area (Å²) in [5.74, 6) is 1.52. The molecule has 3 aromatic carbocycles. The zero-order valence-electron chi connectivity index (χ0n) is 17.7. The molecule has 0 saturated carbocycles. The molecule has 158 valence electrons. The lowest BCUT2D eigenvalue weighted by Crippen LogP contribution is -2.26. The van der Waals surface area contributed by atoms with Crippen LogP contribution in [0.1, 0.15) is 37.0 Å². The number of nitrogens with one attached hydrogen (secondary N) is 1. The third kappa shape index (κ3) is 7.08. The molecule has 1 atom stereocenters. The molecule has 0 amide bonds. The summed E-state index contributed by atoms with van der Waals surface area (Å²) in [4.78, 5) is 0. The molecular weight excluding hydrogens is 394 g/mol. The molecule has 0 aromatic heterocycles. The van der Waals surface area contributed by atoms with Crippen molar-refractivity contribution in [2.24, 2.45) is 0 Å². The molecule has 0 unspecified atom stereocenters. The fraction of sp³-hybridized carbons (Fsp3) is 0.308. The molecule has 0 spiro atoms. The van der Waals surface area contributed by atoms with Crippen LogP contribution in [0.25, 0.3) is 0 Å². The largest absolute Gasteiger partial charge is 0.490 e. The highest BCUT2D eigenvalue weighted by Crippen LogP contribution is 2.29. The number of hydrogen-bond donors (Lipinski definition) is 1. The van der Waals surface area contributed by atoms with Gasteiger partial charge in [-0.25, -0.2) is 0 Å². The summed E-state index contributed by atoms with van der Waals surface area (Å²) in [7, 11) is 0. The van der Waals surface area contributed by atoms with E-state index in [2.05, 4.69) is 54.7 Å². The number of hydrogen-bond acceptors (Lipinski definition) is 3. The first-order valence-electron chi connectivity index (χ1n) is 10.5. The summed E-state index contributed by atoms with van der Waals surface area (Å²) >= 11 is 6.06. The molecule has 0 bridgehead atoms. The summed E-state index contributed by atoms with van der Waals surface area (Å²) in [5.41, 5.74) is 3.59. The zero-order chi connectivity index (χ0) is 21.2. The summed E-state index contributed by atoms with van der Waals surface area (Å²) in [6.45, 7) is 6.06. The zero-order valence-corrected chi connectivity index (χ0v) is 18.5. The minimum atomic E-state index is 0.430. The Morgan fingerprint density at radius 2 is 1.63 bits per heavy atom. The quantitative estimate of drug-likeness (QED) is 0.385. The Labute approximate surface area is 185 Å². The Morgan fingerprint density at radius 1 is 0.833 bits per heavy atom. The van der Waals surface area contributed by atoms with E-state index >= 15 is 0 Å². The topological polar surface area (TPSA) is 30.5 Å². The van der Waals surface area contributed by atoms with Crippen molar-refractivity contribution < 1.29 is 9.47 Å². The highest BCUT2D eigenvalue weighted by molar-refractivity contribution is 6.30. The first-order chi connectivity index (χ1) is 14.6. The fourth-order valence-electron chi connectivity index (χ4n) is 3.26. The van der Waals surface area contributed by atoms with Crippen molar-refractivity contribution >= 4 is 11.6 Å². The third-order valence-corrected chi connectivity index (χ3v) is 5.19. The molecule has 0 radical (unpaired) electrons. The van der Waals surface area contributed by atoms with Crippen LogP contribution in [0.15, 0.2) is 72.8 Å². The Morgan fingerprint density at radius 3 is 2.40 bits per heavy atom. The molecule has 0 aliphatic carbocycles. The average molecular weight is 424 g/mol. The second kappa shape index (κ2) is 11.6. The van der Waals surface area contributed by atoms with E-state index in [0.29, 0.717) is 24.3 Å². The first-order valence-corrected chi connectivity index (χ1v) is 10.9. The van der Waals surface area contributed by atoms with Crippen LogP contribution in [0.2, 0.25) is 5.02 Å². The molecule has 0 aliphatic heterocycles. The lowest BCUT2D eigenvalue weighted by molar-refractivity contribution is 0.269. The predicted molar refractivity (Wildman–Crippen MR) is 124 cm³/mol.